The van der Waals surface area contributed by atoms with E-state index in [1.807, 2.05) is 6.92 Å². The van der Waals surface area contributed by atoms with Crippen molar-refractivity contribution in [2.75, 3.05) is 6.54 Å². The van der Waals surface area contributed by atoms with Crippen molar-refractivity contribution in [1.82, 2.24) is 4.72 Å². The number of benzene rings is 1. The monoisotopic (exact) mass is 299 g/mol. The molecule has 5 heteroatoms. The standard InChI is InChI=1S/C15H25NO3S/c1-4-5-6-7-8-16-20(18,19)15-10-14(11-17)12(2)9-13(15)3/h9-10,16-17H,4-8,11H2,1-3H3. The number of nitrogens with one attached hydrogen (secondary N) is 1. The summed E-state index contributed by atoms with van der Waals surface area (Å²) >= 11 is 0. The predicted octanol–water partition coefficient (Wildman–Crippen LogP) is 2.65. The van der Waals surface area contributed by atoms with Crippen molar-refractivity contribution in [2.45, 2.75) is 58.0 Å². The normalized spacial score (nSPS) is 11.8. The van der Waals surface area contributed by atoms with Gasteiger partial charge in [-0.25, -0.2) is 13.1 Å². The number of unbranched alkanes of at least 4 members (excludes halogenated alkanes) is 3. The lowest BCUT2D eigenvalue weighted by atomic mass is 10.1. The quantitative estimate of drug-likeness (QED) is 0.725. The average Bonchev–Trinajstić information content (AvgIpc) is 2.38. The van der Waals surface area contributed by atoms with Gasteiger partial charge in [0, 0.05) is 6.54 Å². The van der Waals surface area contributed by atoms with Gasteiger partial charge in [0.15, 0.2) is 0 Å². The fourth-order valence-electron chi connectivity index (χ4n) is 2.17. The first-order valence-electron chi connectivity index (χ1n) is 7.13. The van der Waals surface area contributed by atoms with Crippen molar-refractivity contribution < 1.29 is 13.5 Å². The molecule has 0 atom stereocenters. The summed E-state index contributed by atoms with van der Waals surface area (Å²) in [5.74, 6) is 0. The summed E-state index contributed by atoms with van der Waals surface area (Å²) in [5, 5.41) is 9.26. The minimum atomic E-state index is -3.49. The predicted molar refractivity (Wildman–Crippen MR) is 81.2 cm³/mol. The first-order chi connectivity index (χ1) is 9.42. The zero-order chi connectivity index (χ0) is 15.2. The van der Waals surface area contributed by atoms with Gasteiger partial charge in [-0.15, -0.1) is 0 Å². The molecule has 1 rings (SSSR count). The van der Waals surface area contributed by atoms with E-state index in [0.717, 1.165) is 31.2 Å². The lowest BCUT2D eigenvalue weighted by Gasteiger charge is -2.12. The van der Waals surface area contributed by atoms with E-state index in [4.69, 9.17) is 0 Å². The zero-order valence-corrected chi connectivity index (χ0v) is 13.4. The van der Waals surface area contributed by atoms with E-state index >= 15 is 0 Å². The lowest BCUT2D eigenvalue weighted by Crippen LogP contribution is -2.25. The molecular formula is C15H25NO3S. The highest BCUT2D eigenvalue weighted by atomic mass is 32.2. The van der Waals surface area contributed by atoms with Gasteiger partial charge in [0.1, 0.15) is 0 Å². The Morgan fingerprint density at radius 2 is 1.80 bits per heavy atom. The molecule has 0 aliphatic rings. The van der Waals surface area contributed by atoms with E-state index in [9.17, 15) is 13.5 Å². The molecule has 0 unspecified atom stereocenters. The van der Waals surface area contributed by atoms with Crippen molar-refractivity contribution in [3.8, 4) is 0 Å². The minimum Gasteiger partial charge on any atom is -0.392 e. The maximum atomic E-state index is 12.3. The zero-order valence-electron chi connectivity index (χ0n) is 12.6. The molecule has 0 spiro atoms. The molecule has 1 aromatic rings. The second-order valence-electron chi connectivity index (χ2n) is 5.16. The van der Waals surface area contributed by atoms with Gasteiger partial charge in [-0.1, -0.05) is 32.3 Å². The Kier molecular flexibility index (Phi) is 6.65. The Labute approximate surface area is 122 Å². The largest absolute Gasteiger partial charge is 0.392 e. The number of aliphatic hydroxyl groups excluding tert-OH is 1. The Hall–Kier alpha value is -0.910. The second kappa shape index (κ2) is 7.76. The Bertz CT molecular complexity index is 538. The van der Waals surface area contributed by atoms with Crippen LogP contribution in [0.4, 0.5) is 0 Å². The van der Waals surface area contributed by atoms with Crippen LogP contribution in [0.3, 0.4) is 0 Å². The van der Waals surface area contributed by atoms with Crippen LogP contribution in [-0.2, 0) is 16.6 Å². The fraction of sp³-hybridized carbons (Fsp3) is 0.600. The van der Waals surface area contributed by atoms with E-state index in [2.05, 4.69) is 11.6 Å². The van der Waals surface area contributed by atoms with Crippen LogP contribution in [0.25, 0.3) is 0 Å². The van der Waals surface area contributed by atoms with Crippen LogP contribution in [0, 0.1) is 13.8 Å². The van der Waals surface area contributed by atoms with Gasteiger partial charge in [0.05, 0.1) is 11.5 Å². The molecule has 20 heavy (non-hydrogen) atoms. The van der Waals surface area contributed by atoms with Crippen LogP contribution in [0.2, 0.25) is 0 Å². The number of aryl methyl sites for hydroxylation is 2. The van der Waals surface area contributed by atoms with Crippen molar-refractivity contribution in [2.24, 2.45) is 0 Å². The summed E-state index contributed by atoms with van der Waals surface area (Å²) in [7, 11) is -3.49. The average molecular weight is 299 g/mol. The van der Waals surface area contributed by atoms with Crippen LogP contribution in [-0.4, -0.2) is 20.1 Å². The minimum absolute atomic E-state index is 0.148. The number of hydrogen-bond acceptors (Lipinski definition) is 3. The van der Waals surface area contributed by atoms with Crippen molar-refractivity contribution in [3.63, 3.8) is 0 Å². The van der Waals surface area contributed by atoms with Gasteiger partial charge in [-0.2, -0.15) is 0 Å². The first kappa shape index (κ1) is 17.1. The highest BCUT2D eigenvalue weighted by molar-refractivity contribution is 7.89. The fourth-order valence-corrected chi connectivity index (χ4v) is 3.52. The molecule has 0 heterocycles. The Balaban J connectivity index is 2.82. The highest BCUT2D eigenvalue weighted by Crippen LogP contribution is 2.20. The molecular weight excluding hydrogens is 274 g/mol. The first-order valence-corrected chi connectivity index (χ1v) is 8.61. The van der Waals surface area contributed by atoms with E-state index in [1.54, 1.807) is 19.1 Å². The van der Waals surface area contributed by atoms with Crippen molar-refractivity contribution in [3.05, 3.63) is 28.8 Å². The summed E-state index contributed by atoms with van der Waals surface area (Å²) in [4.78, 5) is 0.266. The maximum absolute atomic E-state index is 12.3. The maximum Gasteiger partial charge on any atom is 0.240 e. The molecule has 0 bridgehead atoms. The van der Waals surface area contributed by atoms with Crippen LogP contribution >= 0.6 is 0 Å². The van der Waals surface area contributed by atoms with Crippen molar-refractivity contribution in [1.29, 1.82) is 0 Å². The highest BCUT2D eigenvalue weighted by Gasteiger charge is 2.17. The second-order valence-corrected chi connectivity index (χ2v) is 6.90. The van der Waals surface area contributed by atoms with Crippen LogP contribution in [0.15, 0.2) is 17.0 Å². The van der Waals surface area contributed by atoms with Crippen LogP contribution in [0.1, 0.15) is 49.3 Å². The smallest absolute Gasteiger partial charge is 0.240 e. The van der Waals surface area contributed by atoms with Gasteiger partial charge in [0.2, 0.25) is 10.0 Å². The Morgan fingerprint density at radius 1 is 1.10 bits per heavy atom. The summed E-state index contributed by atoms with van der Waals surface area (Å²) < 4.78 is 27.2. The SMILES string of the molecule is CCCCCCNS(=O)(=O)c1cc(CO)c(C)cc1C. The third-order valence-corrected chi connectivity index (χ3v) is 5.02. The molecule has 4 nitrogen and oxygen atoms in total. The lowest BCUT2D eigenvalue weighted by molar-refractivity contribution is 0.280. The molecule has 2 N–H and O–H groups in total. The van der Waals surface area contributed by atoms with E-state index in [-0.39, 0.29) is 11.5 Å². The van der Waals surface area contributed by atoms with Gasteiger partial charge < -0.3 is 5.11 Å². The third-order valence-electron chi connectivity index (χ3n) is 3.42. The number of rotatable bonds is 8. The molecule has 114 valence electrons. The molecule has 0 saturated carbocycles. The molecule has 0 radical (unpaired) electrons. The molecule has 0 aliphatic heterocycles. The summed E-state index contributed by atoms with van der Waals surface area (Å²) in [6.45, 7) is 6.08. The summed E-state index contributed by atoms with van der Waals surface area (Å²) in [6, 6.07) is 3.37. The van der Waals surface area contributed by atoms with Crippen LogP contribution < -0.4 is 4.72 Å². The molecule has 0 aromatic heterocycles. The van der Waals surface area contributed by atoms with E-state index in [0.29, 0.717) is 17.7 Å². The van der Waals surface area contributed by atoms with Gasteiger partial charge in [0.25, 0.3) is 0 Å². The molecule has 0 amide bonds. The van der Waals surface area contributed by atoms with Gasteiger partial charge >= 0.3 is 0 Å². The topological polar surface area (TPSA) is 66.4 Å². The van der Waals surface area contributed by atoms with Crippen LogP contribution in [0.5, 0.6) is 0 Å². The molecule has 1 aromatic carbocycles. The number of hydrogen-bond donors (Lipinski definition) is 2. The number of aliphatic hydroxyl groups is 1. The van der Waals surface area contributed by atoms with Crippen molar-refractivity contribution >= 4 is 10.0 Å². The van der Waals surface area contributed by atoms with Gasteiger partial charge in [-0.05, 0) is 43.0 Å². The summed E-state index contributed by atoms with van der Waals surface area (Å²) in [5.41, 5.74) is 2.27. The summed E-state index contributed by atoms with van der Waals surface area (Å²) in [6.07, 6.45) is 4.14. The van der Waals surface area contributed by atoms with E-state index in [1.165, 1.54) is 0 Å². The third kappa shape index (κ3) is 4.58. The molecule has 0 aliphatic carbocycles. The number of sulfonamides is 1. The molecule has 0 fully saturated rings. The van der Waals surface area contributed by atoms with E-state index < -0.39 is 10.0 Å². The molecule has 0 saturated heterocycles. The van der Waals surface area contributed by atoms with Gasteiger partial charge in [-0.3, -0.25) is 0 Å². The Morgan fingerprint density at radius 3 is 2.40 bits per heavy atom.